The average molecular weight is 414 g/mol. The predicted octanol–water partition coefficient (Wildman–Crippen LogP) is 3.62. The van der Waals surface area contributed by atoms with E-state index in [1.165, 1.54) is 18.4 Å². The quantitative estimate of drug-likeness (QED) is 0.282. The summed E-state index contributed by atoms with van der Waals surface area (Å²) in [5.41, 5.74) is 3.78. The van der Waals surface area contributed by atoms with Crippen molar-refractivity contribution >= 4 is 23.6 Å². The van der Waals surface area contributed by atoms with Crippen LogP contribution in [0, 0.1) is 19.8 Å². The summed E-state index contributed by atoms with van der Waals surface area (Å²) < 4.78 is 2.12. The smallest absolute Gasteiger partial charge is 0.334 e. The van der Waals surface area contributed by atoms with Crippen molar-refractivity contribution in [3.05, 3.63) is 34.7 Å². The van der Waals surface area contributed by atoms with Gasteiger partial charge in [0, 0.05) is 30.0 Å². The molecule has 30 heavy (non-hydrogen) atoms. The molecule has 7 heteroatoms. The van der Waals surface area contributed by atoms with E-state index in [4.69, 9.17) is 0 Å². The highest BCUT2D eigenvalue weighted by molar-refractivity contribution is 6.45. The zero-order valence-corrected chi connectivity index (χ0v) is 18.4. The van der Waals surface area contributed by atoms with E-state index in [1.807, 2.05) is 33.8 Å². The second kappa shape index (κ2) is 8.98. The Morgan fingerprint density at radius 1 is 1.07 bits per heavy atom. The van der Waals surface area contributed by atoms with Gasteiger partial charge in [-0.05, 0) is 57.9 Å². The molecular weight excluding hydrogens is 382 g/mol. The number of ketones is 1. The van der Waals surface area contributed by atoms with Crippen LogP contribution in [0.2, 0.25) is 0 Å². The second-order valence-electron chi connectivity index (χ2n) is 8.70. The van der Waals surface area contributed by atoms with Crippen LogP contribution in [0.5, 0.6) is 0 Å². The molecule has 1 fully saturated rings. The highest BCUT2D eigenvalue weighted by Crippen LogP contribution is 2.23. The molecule has 1 aromatic heterocycles. The van der Waals surface area contributed by atoms with Gasteiger partial charge in [0.05, 0.1) is 6.54 Å². The standard InChI is InChI=1S/C23H31N3O4/c1-15(2)13-25-21(28)22(29)26(23(25)30)14-20(27)19-12-16(3)24(17(19)4)11-10-18-8-6-5-7-9-18/h8,12,15H,5-7,9-11,13-14H2,1-4H3. The summed E-state index contributed by atoms with van der Waals surface area (Å²) in [5.74, 6) is -2.06. The van der Waals surface area contributed by atoms with Crippen LogP contribution in [0.3, 0.4) is 0 Å². The topological polar surface area (TPSA) is 79.7 Å². The summed E-state index contributed by atoms with van der Waals surface area (Å²) in [4.78, 5) is 51.5. The minimum absolute atomic E-state index is 0.0413. The first-order valence-electron chi connectivity index (χ1n) is 10.8. The first-order valence-corrected chi connectivity index (χ1v) is 10.8. The van der Waals surface area contributed by atoms with Crippen LogP contribution in [0.4, 0.5) is 4.79 Å². The highest BCUT2D eigenvalue weighted by atomic mass is 16.2. The Bertz CT molecular complexity index is 910. The van der Waals surface area contributed by atoms with Crippen molar-refractivity contribution in [2.75, 3.05) is 13.1 Å². The Labute approximate surface area is 177 Å². The minimum atomic E-state index is -0.924. The van der Waals surface area contributed by atoms with Crippen molar-refractivity contribution in [3.8, 4) is 0 Å². The number of rotatable bonds is 8. The lowest BCUT2D eigenvalue weighted by atomic mass is 9.97. The van der Waals surface area contributed by atoms with Crippen LogP contribution in [-0.4, -0.2) is 51.1 Å². The van der Waals surface area contributed by atoms with E-state index in [2.05, 4.69) is 10.6 Å². The first-order chi connectivity index (χ1) is 14.2. The van der Waals surface area contributed by atoms with Crippen LogP contribution in [0.25, 0.3) is 0 Å². The Hall–Kier alpha value is -2.70. The number of urea groups is 1. The van der Waals surface area contributed by atoms with E-state index in [0.29, 0.717) is 5.56 Å². The molecule has 0 bridgehead atoms. The van der Waals surface area contributed by atoms with Crippen LogP contribution in [0.1, 0.15) is 67.7 Å². The first kappa shape index (κ1) is 22.0. The minimum Gasteiger partial charge on any atom is -0.348 e. The maximum absolute atomic E-state index is 12.9. The number of amides is 4. The Balaban J connectivity index is 1.71. The van der Waals surface area contributed by atoms with Crippen molar-refractivity contribution in [2.24, 2.45) is 5.92 Å². The largest absolute Gasteiger partial charge is 0.348 e. The summed E-state index contributed by atoms with van der Waals surface area (Å²) in [6.07, 6.45) is 8.08. The number of aryl methyl sites for hydroxylation is 1. The highest BCUT2D eigenvalue weighted by Gasteiger charge is 2.45. The molecule has 0 saturated carbocycles. The number of imide groups is 2. The normalized spacial score (nSPS) is 17.4. The van der Waals surface area contributed by atoms with Crippen molar-refractivity contribution < 1.29 is 19.2 Å². The van der Waals surface area contributed by atoms with Gasteiger partial charge in [-0.3, -0.25) is 19.3 Å². The number of hydrogen-bond acceptors (Lipinski definition) is 4. The summed E-state index contributed by atoms with van der Waals surface area (Å²) in [6, 6.07) is 1.11. The predicted molar refractivity (Wildman–Crippen MR) is 113 cm³/mol. The molecule has 0 radical (unpaired) electrons. The van der Waals surface area contributed by atoms with E-state index in [1.54, 1.807) is 0 Å². The van der Waals surface area contributed by atoms with Crippen LogP contribution < -0.4 is 0 Å². The summed E-state index contributed by atoms with van der Waals surface area (Å²) in [7, 11) is 0. The fourth-order valence-corrected chi connectivity index (χ4v) is 4.26. The third-order valence-corrected chi connectivity index (χ3v) is 5.90. The van der Waals surface area contributed by atoms with Crippen molar-refractivity contribution in [1.82, 2.24) is 14.4 Å². The van der Waals surface area contributed by atoms with Gasteiger partial charge in [-0.25, -0.2) is 9.69 Å². The molecule has 4 amide bonds. The number of Topliss-reactive ketones (excluding diaryl/α,β-unsaturated/α-hetero) is 1. The third kappa shape index (κ3) is 4.40. The maximum Gasteiger partial charge on any atom is 0.334 e. The molecule has 162 valence electrons. The molecule has 0 N–H and O–H groups in total. The number of allylic oxidation sites excluding steroid dienone is 2. The van der Waals surface area contributed by atoms with Crippen molar-refractivity contribution in [2.45, 2.75) is 66.3 Å². The zero-order valence-electron chi connectivity index (χ0n) is 18.4. The van der Waals surface area contributed by atoms with E-state index >= 15 is 0 Å². The molecule has 1 saturated heterocycles. The number of hydrogen-bond donors (Lipinski definition) is 0. The van der Waals surface area contributed by atoms with Gasteiger partial charge in [0.2, 0.25) is 0 Å². The molecule has 2 aliphatic rings. The second-order valence-corrected chi connectivity index (χ2v) is 8.70. The molecule has 7 nitrogen and oxygen atoms in total. The molecular formula is C23H31N3O4. The van der Waals surface area contributed by atoms with E-state index < -0.39 is 24.4 Å². The Morgan fingerprint density at radius 2 is 1.77 bits per heavy atom. The summed E-state index contributed by atoms with van der Waals surface area (Å²) >= 11 is 0. The van der Waals surface area contributed by atoms with E-state index in [9.17, 15) is 19.2 Å². The molecule has 0 spiro atoms. The fraction of sp³-hybridized carbons (Fsp3) is 0.565. The maximum atomic E-state index is 12.9. The van der Waals surface area contributed by atoms with Crippen LogP contribution >= 0.6 is 0 Å². The van der Waals surface area contributed by atoms with Gasteiger partial charge in [0.15, 0.2) is 5.78 Å². The summed E-state index contributed by atoms with van der Waals surface area (Å²) in [5, 5.41) is 0. The SMILES string of the molecule is Cc1cc(C(=O)CN2C(=O)C(=O)N(CC(C)C)C2=O)c(C)n1CCC1=CCCCC1. The van der Waals surface area contributed by atoms with Gasteiger partial charge in [-0.1, -0.05) is 25.5 Å². The van der Waals surface area contributed by atoms with Crippen LogP contribution in [0.15, 0.2) is 17.7 Å². The molecule has 1 aromatic rings. The summed E-state index contributed by atoms with van der Waals surface area (Å²) in [6.45, 7) is 8.12. The lowest BCUT2D eigenvalue weighted by Gasteiger charge is -2.17. The molecule has 0 aromatic carbocycles. The molecule has 2 heterocycles. The number of aromatic nitrogens is 1. The number of carbonyl (C=O) groups is 4. The molecule has 1 aliphatic heterocycles. The van der Waals surface area contributed by atoms with Gasteiger partial charge < -0.3 is 4.57 Å². The molecule has 3 rings (SSSR count). The fourth-order valence-electron chi connectivity index (χ4n) is 4.26. The lowest BCUT2D eigenvalue weighted by molar-refractivity contribution is -0.143. The van der Waals surface area contributed by atoms with Crippen LogP contribution in [-0.2, 0) is 16.1 Å². The Morgan fingerprint density at radius 3 is 2.40 bits per heavy atom. The van der Waals surface area contributed by atoms with Gasteiger partial charge in [0.1, 0.15) is 0 Å². The number of carbonyl (C=O) groups excluding carboxylic acids is 4. The van der Waals surface area contributed by atoms with Gasteiger partial charge in [0.25, 0.3) is 0 Å². The van der Waals surface area contributed by atoms with Gasteiger partial charge in [-0.15, -0.1) is 0 Å². The lowest BCUT2D eigenvalue weighted by Crippen LogP contribution is -2.38. The number of nitrogens with zero attached hydrogens (tertiary/aromatic N) is 3. The third-order valence-electron chi connectivity index (χ3n) is 5.90. The van der Waals surface area contributed by atoms with Gasteiger partial charge in [-0.2, -0.15) is 0 Å². The monoisotopic (exact) mass is 413 g/mol. The van der Waals surface area contributed by atoms with E-state index in [-0.39, 0.29) is 18.2 Å². The molecule has 1 aliphatic carbocycles. The van der Waals surface area contributed by atoms with Crippen molar-refractivity contribution in [1.29, 1.82) is 0 Å². The molecule has 0 atom stereocenters. The zero-order chi connectivity index (χ0) is 22.0. The Kier molecular flexibility index (Phi) is 6.58. The average Bonchev–Trinajstić information content (AvgIpc) is 3.10. The van der Waals surface area contributed by atoms with Crippen molar-refractivity contribution in [3.63, 3.8) is 0 Å². The van der Waals surface area contributed by atoms with Gasteiger partial charge >= 0.3 is 17.8 Å². The van der Waals surface area contributed by atoms with E-state index in [0.717, 1.165) is 47.0 Å². The molecule has 0 unspecified atom stereocenters.